The summed E-state index contributed by atoms with van der Waals surface area (Å²) in [6, 6.07) is 22.8. The van der Waals surface area contributed by atoms with Crippen LogP contribution in [0.5, 0.6) is 17.2 Å². The van der Waals surface area contributed by atoms with Gasteiger partial charge in [-0.15, -0.1) is 0 Å². The van der Waals surface area contributed by atoms with Crippen molar-refractivity contribution in [3.8, 4) is 17.2 Å². The fourth-order valence-corrected chi connectivity index (χ4v) is 7.99. The molecule has 5 aromatic rings. The van der Waals surface area contributed by atoms with Crippen LogP contribution in [0.25, 0.3) is 16.8 Å². The number of esters is 1. The van der Waals surface area contributed by atoms with Crippen LogP contribution >= 0.6 is 43.2 Å². The summed E-state index contributed by atoms with van der Waals surface area (Å²) in [7, 11) is 3.15. The molecule has 49 heavy (non-hydrogen) atoms. The van der Waals surface area contributed by atoms with Crippen molar-refractivity contribution in [1.82, 2.24) is 4.57 Å². The van der Waals surface area contributed by atoms with Crippen molar-refractivity contribution in [3.05, 3.63) is 129 Å². The molecule has 0 saturated carbocycles. The molecule has 1 atom stereocenters. The lowest BCUT2D eigenvalue weighted by molar-refractivity contribution is -0.139. The Kier molecular flexibility index (Phi) is 10.7. The number of fused-ring (bicyclic) bond motifs is 2. The molecule has 0 spiro atoms. The molecule has 8 nitrogen and oxygen atoms in total. The zero-order valence-electron chi connectivity index (χ0n) is 27.4. The highest BCUT2D eigenvalue weighted by molar-refractivity contribution is 9.10. The number of nitrogens with zero attached hydrogens (tertiary/aromatic N) is 2. The van der Waals surface area contributed by atoms with Gasteiger partial charge >= 0.3 is 5.97 Å². The minimum absolute atomic E-state index is 0.187. The maximum absolute atomic E-state index is 14.3. The van der Waals surface area contributed by atoms with E-state index in [2.05, 4.69) is 50.1 Å². The van der Waals surface area contributed by atoms with Gasteiger partial charge in [0.2, 0.25) is 0 Å². The summed E-state index contributed by atoms with van der Waals surface area (Å²) in [5, 5.41) is 2.27. The molecule has 0 radical (unpaired) electrons. The second kappa shape index (κ2) is 15.1. The highest BCUT2D eigenvalue weighted by Gasteiger charge is 2.36. The maximum atomic E-state index is 14.3. The van der Waals surface area contributed by atoms with Crippen LogP contribution in [0, 0.1) is 0 Å². The third-order valence-corrected chi connectivity index (χ3v) is 10.2. The lowest BCUT2D eigenvalue weighted by Crippen LogP contribution is -2.40. The van der Waals surface area contributed by atoms with Crippen molar-refractivity contribution in [1.29, 1.82) is 0 Å². The van der Waals surface area contributed by atoms with E-state index in [4.69, 9.17) is 23.9 Å². The fourth-order valence-electron chi connectivity index (χ4n) is 6.02. The highest BCUT2D eigenvalue weighted by atomic mass is 79.9. The number of benzene rings is 4. The van der Waals surface area contributed by atoms with Gasteiger partial charge in [0.25, 0.3) is 5.56 Å². The van der Waals surface area contributed by atoms with Gasteiger partial charge in [-0.25, -0.2) is 9.79 Å². The number of carbonyl (C=O) groups is 1. The first kappa shape index (κ1) is 34.7. The number of rotatable bonds is 11. The average Bonchev–Trinajstić information content (AvgIpc) is 3.40. The van der Waals surface area contributed by atoms with E-state index in [-0.39, 0.29) is 12.2 Å². The molecule has 1 aliphatic rings. The van der Waals surface area contributed by atoms with Crippen molar-refractivity contribution >= 4 is 66.0 Å². The van der Waals surface area contributed by atoms with Crippen molar-refractivity contribution in [2.75, 3.05) is 20.8 Å². The van der Waals surface area contributed by atoms with Crippen LogP contribution in [-0.4, -0.2) is 31.4 Å². The summed E-state index contributed by atoms with van der Waals surface area (Å²) >= 11 is 8.51. The number of halogens is 2. The summed E-state index contributed by atoms with van der Waals surface area (Å²) < 4.78 is 26.8. The Morgan fingerprint density at radius 2 is 1.76 bits per heavy atom. The number of allylic oxidation sites excluding steroid dienone is 1. The summed E-state index contributed by atoms with van der Waals surface area (Å²) in [5.41, 5.74) is 3.06. The Bertz CT molecular complexity index is 2270. The SMILES string of the molecule is CCCC1=C(C(=O)OCC)[C@H](c2cc(Br)ccc2OC)n2c(s/c(=C/c3cc(Br)c(OCc4cccc5ccccc45)c(OC)c3)c2=O)=N1. The first-order valence-corrected chi connectivity index (χ1v) is 18.2. The van der Waals surface area contributed by atoms with Crippen molar-refractivity contribution in [3.63, 3.8) is 0 Å². The molecule has 1 aliphatic heterocycles. The minimum atomic E-state index is -0.808. The second-order valence-corrected chi connectivity index (χ2v) is 14.0. The molecule has 0 fully saturated rings. The molecule has 4 aromatic carbocycles. The summed E-state index contributed by atoms with van der Waals surface area (Å²) in [4.78, 5) is 33.3. The van der Waals surface area contributed by atoms with E-state index in [1.54, 1.807) is 31.8 Å². The quantitative estimate of drug-likeness (QED) is 0.127. The molecular formula is C38H34Br2N2O6S. The second-order valence-electron chi connectivity index (χ2n) is 11.3. The van der Waals surface area contributed by atoms with Crippen molar-refractivity contribution in [2.24, 2.45) is 4.99 Å². The van der Waals surface area contributed by atoms with Crippen LogP contribution in [0.1, 0.15) is 49.4 Å². The van der Waals surface area contributed by atoms with Gasteiger partial charge in [0.05, 0.1) is 41.1 Å². The molecule has 0 unspecified atom stereocenters. The number of thiazole rings is 1. The van der Waals surface area contributed by atoms with E-state index in [0.717, 1.165) is 32.8 Å². The standard InChI is InChI=1S/C38H34Br2N2O6S/c1-5-10-29-33(37(44)47-6-2)34(27-20-25(39)15-16-30(27)45-3)42-36(43)32(49-38(42)41-29)19-22-17-28(40)35(31(18-22)46-4)48-21-24-13-9-12-23-11-7-8-14-26(23)24/h7-9,11-20,34H,5-6,10,21H2,1-4H3/b32-19+/t34-/m0/s1. The van der Waals surface area contributed by atoms with Crippen LogP contribution in [0.3, 0.4) is 0 Å². The highest BCUT2D eigenvalue weighted by Crippen LogP contribution is 2.39. The largest absolute Gasteiger partial charge is 0.496 e. The van der Waals surface area contributed by atoms with Gasteiger partial charge in [-0.05, 0) is 87.6 Å². The Balaban J connectivity index is 1.45. The van der Waals surface area contributed by atoms with Crippen molar-refractivity contribution < 1.29 is 23.7 Å². The Hall–Kier alpha value is -4.19. The van der Waals surface area contributed by atoms with Gasteiger partial charge in [-0.2, -0.15) is 0 Å². The van der Waals surface area contributed by atoms with Gasteiger partial charge in [0.1, 0.15) is 18.4 Å². The molecule has 6 rings (SSSR count). The third-order valence-electron chi connectivity index (χ3n) is 8.18. The third kappa shape index (κ3) is 6.97. The van der Waals surface area contributed by atoms with Gasteiger partial charge in [0.15, 0.2) is 16.3 Å². The van der Waals surface area contributed by atoms with E-state index in [0.29, 0.717) is 60.9 Å². The van der Waals surface area contributed by atoms with Gasteiger partial charge in [-0.1, -0.05) is 83.1 Å². The number of carbonyl (C=O) groups excluding carboxylic acids is 1. The van der Waals surface area contributed by atoms with Gasteiger partial charge in [0, 0.05) is 10.0 Å². The molecule has 0 saturated heterocycles. The summed E-state index contributed by atoms with van der Waals surface area (Å²) in [5.74, 6) is 1.10. The monoisotopic (exact) mass is 804 g/mol. The van der Waals surface area contributed by atoms with Gasteiger partial charge < -0.3 is 18.9 Å². The summed E-state index contributed by atoms with van der Waals surface area (Å²) in [6.07, 6.45) is 3.09. The van der Waals surface area contributed by atoms with E-state index in [1.165, 1.54) is 11.3 Å². The maximum Gasteiger partial charge on any atom is 0.338 e. The zero-order valence-corrected chi connectivity index (χ0v) is 31.4. The van der Waals surface area contributed by atoms with Gasteiger partial charge in [-0.3, -0.25) is 9.36 Å². The van der Waals surface area contributed by atoms with Crippen molar-refractivity contribution in [2.45, 2.75) is 39.3 Å². The molecule has 0 bridgehead atoms. The normalized spacial score (nSPS) is 14.4. The van der Waals surface area contributed by atoms with E-state index < -0.39 is 12.0 Å². The Morgan fingerprint density at radius 1 is 0.980 bits per heavy atom. The number of ether oxygens (including phenoxy) is 4. The molecule has 1 aromatic heterocycles. The minimum Gasteiger partial charge on any atom is -0.496 e. The summed E-state index contributed by atoms with van der Waals surface area (Å²) in [6.45, 7) is 4.31. The van der Waals surface area contributed by atoms with Crippen LogP contribution < -0.4 is 29.1 Å². The topological polar surface area (TPSA) is 88.4 Å². The van der Waals surface area contributed by atoms with Crippen LogP contribution in [0.4, 0.5) is 0 Å². The Morgan fingerprint density at radius 3 is 2.51 bits per heavy atom. The zero-order chi connectivity index (χ0) is 34.7. The number of methoxy groups -OCH3 is 2. The van der Waals surface area contributed by atoms with Crippen LogP contribution in [-0.2, 0) is 16.1 Å². The predicted octanol–water partition coefficient (Wildman–Crippen LogP) is 7.85. The molecular weight excluding hydrogens is 772 g/mol. The number of hydrogen-bond acceptors (Lipinski definition) is 8. The molecule has 0 N–H and O–H groups in total. The smallest absolute Gasteiger partial charge is 0.338 e. The van der Waals surface area contributed by atoms with Crippen LogP contribution in [0.15, 0.2) is 103 Å². The van der Waals surface area contributed by atoms with E-state index in [1.807, 2.05) is 61.5 Å². The molecule has 252 valence electrons. The predicted molar refractivity (Wildman–Crippen MR) is 199 cm³/mol. The molecule has 11 heteroatoms. The van der Waals surface area contributed by atoms with E-state index >= 15 is 0 Å². The first-order chi connectivity index (χ1) is 23.8. The average molecular weight is 807 g/mol. The lowest BCUT2D eigenvalue weighted by Gasteiger charge is -2.27. The number of aromatic nitrogens is 1. The first-order valence-electron chi connectivity index (χ1n) is 15.8. The molecule has 0 amide bonds. The number of hydrogen-bond donors (Lipinski definition) is 0. The Labute approximate surface area is 304 Å². The van der Waals surface area contributed by atoms with E-state index in [9.17, 15) is 9.59 Å². The fraction of sp³-hybridized carbons (Fsp3) is 0.237. The lowest BCUT2D eigenvalue weighted by atomic mass is 9.93. The molecule has 0 aliphatic carbocycles. The molecule has 2 heterocycles. The van der Waals surface area contributed by atoms with Crippen LogP contribution in [0.2, 0.25) is 0 Å².